The Labute approximate surface area is 123 Å². The van der Waals surface area contributed by atoms with Gasteiger partial charge in [-0.25, -0.2) is 0 Å². The molecule has 1 N–H and O–H groups in total. The van der Waals surface area contributed by atoms with Gasteiger partial charge in [-0.2, -0.15) is 0 Å². The van der Waals surface area contributed by atoms with Crippen LogP contribution in [0, 0.1) is 11.8 Å². The average Bonchev–Trinajstić information content (AvgIpc) is 2.43. The number of para-hydroxylation sites is 1. The zero-order valence-electron chi connectivity index (χ0n) is 13.3. The third-order valence-corrected chi connectivity index (χ3v) is 3.42. The van der Waals surface area contributed by atoms with Crippen molar-refractivity contribution >= 4 is 0 Å². The maximum Gasteiger partial charge on any atom is 0.122 e. The molecule has 0 saturated carbocycles. The number of hydrogen-bond donors (Lipinski definition) is 1. The number of nitrogens with one attached hydrogen (secondary N) is 1. The van der Waals surface area contributed by atoms with E-state index in [-0.39, 0.29) is 0 Å². The van der Waals surface area contributed by atoms with Gasteiger partial charge in [-0.1, -0.05) is 32.0 Å². The van der Waals surface area contributed by atoms with Gasteiger partial charge in [0, 0.05) is 13.7 Å². The molecule has 0 aromatic heterocycles. The normalized spacial score (nSPS) is 12.7. The van der Waals surface area contributed by atoms with E-state index in [1.165, 1.54) is 12.0 Å². The van der Waals surface area contributed by atoms with E-state index in [0.717, 1.165) is 31.9 Å². The second-order valence-electron chi connectivity index (χ2n) is 5.71. The Morgan fingerprint density at radius 2 is 1.90 bits per heavy atom. The Morgan fingerprint density at radius 1 is 1.15 bits per heavy atom. The molecular formula is C17H29NO2. The van der Waals surface area contributed by atoms with Crippen molar-refractivity contribution in [2.24, 2.45) is 11.8 Å². The van der Waals surface area contributed by atoms with Crippen molar-refractivity contribution in [3.63, 3.8) is 0 Å². The highest BCUT2D eigenvalue weighted by atomic mass is 16.5. The SMILES string of the molecule is COCCNCC(Cc1ccccc1OC)CC(C)C. The van der Waals surface area contributed by atoms with Gasteiger partial charge < -0.3 is 14.8 Å². The highest BCUT2D eigenvalue weighted by molar-refractivity contribution is 5.33. The van der Waals surface area contributed by atoms with Crippen molar-refractivity contribution in [3.05, 3.63) is 29.8 Å². The molecule has 0 saturated heterocycles. The summed E-state index contributed by atoms with van der Waals surface area (Å²) in [6.45, 7) is 7.27. The number of rotatable bonds is 10. The molecule has 1 rings (SSSR count). The largest absolute Gasteiger partial charge is 0.496 e. The molecule has 0 aliphatic carbocycles. The van der Waals surface area contributed by atoms with Crippen LogP contribution < -0.4 is 10.1 Å². The van der Waals surface area contributed by atoms with Crippen LogP contribution in [0.15, 0.2) is 24.3 Å². The number of benzene rings is 1. The summed E-state index contributed by atoms with van der Waals surface area (Å²) in [5, 5.41) is 3.48. The molecule has 0 amide bonds. The predicted molar refractivity (Wildman–Crippen MR) is 84.4 cm³/mol. The first-order valence-corrected chi connectivity index (χ1v) is 7.49. The highest BCUT2D eigenvalue weighted by Gasteiger charge is 2.14. The Morgan fingerprint density at radius 3 is 2.55 bits per heavy atom. The Balaban J connectivity index is 2.58. The fourth-order valence-electron chi connectivity index (χ4n) is 2.57. The summed E-state index contributed by atoms with van der Waals surface area (Å²) in [7, 11) is 3.48. The maximum absolute atomic E-state index is 5.45. The predicted octanol–water partition coefficient (Wildman–Crippen LogP) is 3.14. The van der Waals surface area contributed by atoms with Crippen molar-refractivity contribution in [2.45, 2.75) is 26.7 Å². The summed E-state index contributed by atoms with van der Waals surface area (Å²) in [4.78, 5) is 0. The molecular weight excluding hydrogens is 250 g/mol. The second-order valence-corrected chi connectivity index (χ2v) is 5.71. The van der Waals surface area contributed by atoms with Crippen molar-refractivity contribution in [2.75, 3.05) is 33.9 Å². The monoisotopic (exact) mass is 279 g/mol. The van der Waals surface area contributed by atoms with Crippen LogP contribution in [0.2, 0.25) is 0 Å². The molecule has 0 bridgehead atoms. The Hall–Kier alpha value is -1.06. The van der Waals surface area contributed by atoms with Crippen molar-refractivity contribution < 1.29 is 9.47 Å². The maximum atomic E-state index is 5.45. The quantitative estimate of drug-likeness (QED) is 0.667. The van der Waals surface area contributed by atoms with Crippen molar-refractivity contribution in [3.8, 4) is 5.75 Å². The van der Waals surface area contributed by atoms with Crippen LogP contribution >= 0.6 is 0 Å². The molecule has 0 fully saturated rings. The molecule has 0 aliphatic heterocycles. The molecule has 0 heterocycles. The molecule has 0 aliphatic rings. The molecule has 3 nitrogen and oxygen atoms in total. The fraction of sp³-hybridized carbons (Fsp3) is 0.647. The smallest absolute Gasteiger partial charge is 0.122 e. The molecule has 0 spiro atoms. The molecule has 1 atom stereocenters. The summed E-state index contributed by atoms with van der Waals surface area (Å²) in [5.41, 5.74) is 1.30. The van der Waals surface area contributed by atoms with Gasteiger partial charge in [0.25, 0.3) is 0 Å². The Kier molecular flexibility index (Phi) is 8.31. The van der Waals surface area contributed by atoms with E-state index in [9.17, 15) is 0 Å². The molecule has 114 valence electrons. The summed E-state index contributed by atoms with van der Waals surface area (Å²) in [6, 6.07) is 8.32. The fourth-order valence-corrected chi connectivity index (χ4v) is 2.57. The topological polar surface area (TPSA) is 30.5 Å². The first-order valence-electron chi connectivity index (χ1n) is 7.49. The summed E-state index contributed by atoms with van der Waals surface area (Å²) in [5.74, 6) is 2.33. The van der Waals surface area contributed by atoms with E-state index in [0.29, 0.717) is 11.8 Å². The van der Waals surface area contributed by atoms with E-state index in [1.807, 2.05) is 12.1 Å². The van der Waals surface area contributed by atoms with Crippen molar-refractivity contribution in [1.29, 1.82) is 0 Å². The lowest BCUT2D eigenvalue weighted by Gasteiger charge is -2.21. The number of ether oxygens (including phenoxy) is 2. The van der Waals surface area contributed by atoms with Crippen LogP contribution in [0.1, 0.15) is 25.8 Å². The third kappa shape index (κ3) is 6.40. The average molecular weight is 279 g/mol. The van der Waals surface area contributed by atoms with Gasteiger partial charge in [0.1, 0.15) is 5.75 Å². The molecule has 1 aromatic carbocycles. The van der Waals surface area contributed by atoms with Crippen LogP contribution in [0.25, 0.3) is 0 Å². The van der Waals surface area contributed by atoms with Crippen LogP contribution in [0.4, 0.5) is 0 Å². The van der Waals surface area contributed by atoms with E-state index in [1.54, 1.807) is 14.2 Å². The molecule has 20 heavy (non-hydrogen) atoms. The standard InChI is InChI=1S/C17H29NO2/c1-14(2)11-15(13-18-9-10-19-3)12-16-7-5-6-8-17(16)20-4/h5-8,14-15,18H,9-13H2,1-4H3. The zero-order chi connectivity index (χ0) is 14.8. The molecule has 3 heteroatoms. The first-order chi connectivity index (χ1) is 9.67. The van der Waals surface area contributed by atoms with Gasteiger partial charge in [-0.05, 0) is 42.9 Å². The van der Waals surface area contributed by atoms with E-state index < -0.39 is 0 Å². The summed E-state index contributed by atoms with van der Waals surface area (Å²) in [6.07, 6.45) is 2.28. The van der Waals surface area contributed by atoms with Crippen LogP contribution in [0.5, 0.6) is 5.75 Å². The van der Waals surface area contributed by atoms with Gasteiger partial charge in [0.15, 0.2) is 0 Å². The third-order valence-electron chi connectivity index (χ3n) is 3.42. The first kappa shape index (κ1) is 17.0. The number of hydrogen-bond acceptors (Lipinski definition) is 3. The van der Waals surface area contributed by atoms with Gasteiger partial charge in [0.2, 0.25) is 0 Å². The minimum absolute atomic E-state index is 0.628. The lowest BCUT2D eigenvalue weighted by atomic mass is 9.90. The lowest BCUT2D eigenvalue weighted by Crippen LogP contribution is -2.28. The van der Waals surface area contributed by atoms with Crippen LogP contribution in [-0.4, -0.2) is 33.9 Å². The van der Waals surface area contributed by atoms with Crippen LogP contribution in [0.3, 0.4) is 0 Å². The molecule has 1 unspecified atom stereocenters. The van der Waals surface area contributed by atoms with Gasteiger partial charge in [-0.15, -0.1) is 0 Å². The highest BCUT2D eigenvalue weighted by Crippen LogP contribution is 2.23. The Bertz CT molecular complexity index is 366. The minimum atomic E-state index is 0.628. The van der Waals surface area contributed by atoms with Gasteiger partial charge in [-0.3, -0.25) is 0 Å². The van der Waals surface area contributed by atoms with Crippen LogP contribution in [-0.2, 0) is 11.2 Å². The number of methoxy groups -OCH3 is 2. The van der Waals surface area contributed by atoms with Gasteiger partial charge >= 0.3 is 0 Å². The van der Waals surface area contributed by atoms with Gasteiger partial charge in [0.05, 0.1) is 13.7 Å². The van der Waals surface area contributed by atoms with Crippen molar-refractivity contribution in [1.82, 2.24) is 5.32 Å². The molecule has 1 aromatic rings. The van der Waals surface area contributed by atoms with E-state index in [4.69, 9.17) is 9.47 Å². The minimum Gasteiger partial charge on any atom is -0.496 e. The molecule has 0 radical (unpaired) electrons. The lowest BCUT2D eigenvalue weighted by molar-refractivity contribution is 0.197. The second kappa shape index (κ2) is 9.78. The van der Waals surface area contributed by atoms with E-state index in [2.05, 4.69) is 31.3 Å². The summed E-state index contributed by atoms with van der Waals surface area (Å²) >= 11 is 0. The van der Waals surface area contributed by atoms with E-state index >= 15 is 0 Å². The zero-order valence-corrected chi connectivity index (χ0v) is 13.3. The summed E-state index contributed by atoms with van der Waals surface area (Å²) < 4.78 is 10.5.